The highest BCUT2D eigenvalue weighted by Gasteiger charge is 2.49. The molecule has 1 saturated carbocycles. The minimum atomic E-state index is -0.0521. The third-order valence-electron chi connectivity index (χ3n) is 4.45. The molecular formula is C15H19N3O2. The van der Waals surface area contributed by atoms with Crippen molar-refractivity contribution in [1.82, 2.24) is 14.9 Å². The van der Waals surface area contributed by atoms with E-state index in [1.807, 2.05) is 24.4 Å². The molecule has 0 saturated heterocycles. The van der Waals surface area contributed by atoms with E-state index >= 15 is 0 Å². The average Bonchev–Trinajstić information content (AvgIpc) is 2.90. The molecule has 3 rings (SSSR count). The number of nitrogens with zero attached hydrogens (tertiary/aromatic N) is 2. The van der Waals surface area contributed by atoms with Crippen molar-refractivity contribution in [3.63, 3.8) is 0 Å². The first-order chi connectivity index (χ1) is 9.54. The Kier molecular flexibility index (Phi) is 3.01. The van der Waals surface area contributed by atoms with Gasteiger partial charge in [-0.25, -0.2) is 4.52 Å². The minimum absolute atomic E-state index is 0.0320. The van der Waals surface area contributed by atoms with E-state index in [2.05, 4.69) is 24.3 Å². The van der Waals surface area contributed by atoms with E-state index in [0.29, 0.717) is 5.56 Å². The fourth-order valence-corrected chi connectivity index (χ4v) is 2.91. The van der Waals surface area contributed by atoms with Crippen LogP contribution in [-0.2, 0) is 4.74 Å². The van der Waals surface area contributed by atoms with Crippen molar-refractivity contribution in [2.24, 2.45) is 5.41 Å². The maximum atomic E-state index is 12.4. The summed E-state index contributed by atoms with van der Waals surface area (Å²) in [6.45, 7) is 4.24. The number of aromatic nitrogens is 2. The van der Waals surface area contributed by atoms with Gasteiger partial charge in [-0.15, -0.1) is 0 Å². The molecule has 0 spiro atoms. The van der Waals surface area contributed by atoms with Crippen molar-refractivity contribution in [3.8, 4) is 0 Å². The van der Waals surface area contributed by atoms with Crippen molar-refractivity contribution < 1.29 is 9.53 Å². The van der Waals surface area contributed by atoms with Crippen LogP contribution in [0.3, 0.4) is 0 Å². The third-order valence-corrected chi connectivity index (χ3v) is 4.45. The standard InChI is InChI=1S/C15H19N3O2/c1-15(2)12(9-13(15)20-3)17-14(19)10-5-4-8-18-11(10)6-7-16-18/h4-8,12-13H,9H2,1-3H3,(H,17,19). The number of rotatable bonds is 3. The number of carbonyl (C=O) groups excluding carboxylic acids is 1. The highest BCUT2D eigenvalue weighted by atomic mass is 16.5. The van der Waals surface area contributed by atoms with Crippen LogP contribution in [0.15, 0.2) is 30.6 Å². The zero-order valence-corrected chi connectivity index (χ0v) is 12.0. The quantitative estimate of drug-likeness (QED) is 0.929. The van der Waals surface area contributed by atoms with Gasteiger partial charge in [0.25, 0.3) is 5.91 Å². The third kappa shape index (κ3) is 1.89. The van der Waals surface area contributed by atoms with Gasteiger partial charge >= 0.3 is 0 Å². The highest BCUT2D eigenvalue weighted by molar-refractivity contribution is 6.00. The van der Waals surface area contributed by atoms with Crippen molar-refractivity contribution in [2.75, 3.05) is 7.11 Å². The van der Waals surface area contributed by atoms with Gasteiger partial charge in [-0.1, -0.05) is 13.8 Å². The monoisotopic (exact) mass is 273 g/mol. The summed E-state index contributed by atoms with van der Waals surface area (Å²) in [6, 6.07) is 5.65. The second-order valence-corrected chi connectivity index (χ2v) is 5.89. The van der Waals surface area contributed by atoms with Crippen LogP contribution in [0.4, 0.5) is 0 Å². The van der Waals surface area contributed by atoms with E-state index in [0.717, 1.165) is 11.9 Å². The fraction of sp³-hybridized carbons (Fsp3) is 0.467. The van der Waals surface area contributed by atoms with Crippen molar-refractivity contribution in [3.05, 3.63) is 36.2 Å². The number of fused-ring (bicyclic) bond motifs is 1. The molecule has 0 aliphatic heterocycles. The average molecular weight is 273 g/mol. The van der Waals surface area contributed by atoms with Gasteiger partial charge in [-0.05, 0) is 24.6 Å². The molecule has 0 radical (unpaired) electrons. The second kappa shape index (κ2) is 4.59. The summed E-state index contributed by atoms with van der Waals surface area (Å²) < 4.78 is 7.12. The number of amides is 1. The molecule has 0 bridgehead atoms. The molecule has 2 aromatic rings. The molecule has 2 unspecified atom stereocenters. The summed E-state index contributed by atoms with van der Waals surface area (Å²) >= 11 is 0. The first-order valence-corrected chi connectivity index (χ1v) is 6.80. The van der Waals surface area contributed by atoms with E-state index in [4.69, 9.17) is 4.74 Å². The Morgan fingerprint density at radius 3 is 3.00 bits per heavy atom. The Morgan fingerprint density at radius 1 is 1.50 bits per heavy atom. The van der Waals surface area contributed by atoms with Gasteiger partial charge in [0, 0.05) is 24.8 Å². The zero-order valence-electron chi connectivity index (χ0n) is 12.0. The van der Waals surface area contributed by atoms with Crippen LogP contribution >= 0.6 is 0 Å². The number of ether oxygens (including phenoxy) is 1. The van der Waals surface area contributed by atoms with E-state index in [-0.39, 0.29) is 23.5 Å². The molecule has 106 valence electrons. The maximum Gasteiger partial charge on any atom is 0.253 e. The number of nitrogens with one attached hydrogen (secondary N) is 1. The van der Waals surface area contributed by atoms with Gasteiger partial charge in [0.1, 0.15) is 0 Å². The van der Waals surface area contributed by atoms with Crippen LogP contribution < -0.4 is 5.32 Å². The predicted octanol–water partition coefficient (Wildman–Crippen LogP) is 1.88. The second-order valence-electron chi connectivity index (χ2n) is 5.89. The topological polar surface area (TPSA) is 55.6 Å². The van der Waals surface area contributed by atoms with Crippen LogP contribution in [0, 0.1) is 5.41 Å². The predicted molar refractivity (Wildman–Crippen MR) is 75.6 cm³/mol. The Balaban J connectivity index is 1.79. The Hall–Kier alpha value is -1.88. The highest BCUT2D eigenvalue weighted by Crippen LogP contribution is 2.42. The molecule has 2 atom stereocenters. The number of pyridine rings is 1. The largest absolute Gasteiger partial charge is 0.381 e. The number of hydrogen-bond donors (Lipinski definition) is 1. The molecule has 1 fully saturated rings. The first-order valence-electron chi connectivity index (χ1n) is 6.80. The number of methoxy groups -OCH3 is 1. The maximum absolute atomic E-state index is 12.4. The first kappa shape index (κ1) is 13.1. The fourth-order valence-electron chi connectivity index (χ4n) is 2.91. The van der Waals surface area contributed by atoms with Crippen molar-refractivity contribution in [1.29, 1.82) is 0 Å². The molecule has 2 heterocycles. The van der Waals surface area contributed by atoms with E-state index in [9.17, 15) is 4.79 Å². The Bertz CT molecular complexity index is 647. The lowest BCUT2D eigenvalue weighted by molar-refractivity contribution is -0.0942. The summed E-state index contributed by atoms with van der Waals surface area (Å²) in [5, 5.41) is 7.25. The molecular weight excluding hydrogens is 254 g/mol. The molecule has 1 N–H and O–H groups in total. The molecule has 5 heteroatoms. The molecule has 5 nitrogen and oxygen atoms in total. The molecule has 20 heavy (non-hydrogen) atoms. The van der Waals surface area contributed by atoms with Gasteiger partial charge in [0.15, 0.2) is 0 Å². The van der Waals surface area contributed by atoms with Crippen molar-refractivity contribution in [2.45, 2.75) is 32.4 Å². The summed E-state index contributed by atoms with van der Waals surface area (Å²) in [7, 11) is 1.72. The van der Waals surface area contributed by atoms with Gasteiger partial charge in [0.05, 0.1) is 23.4 Å². The van der Waals surface area contributed by atoms with Gasteiger partial charge in [-0.3, -0.25) is 4.79 Å². The number of carbonyl (C=O) groups is 1. The van der Waals surface area contributed by atoms with Crippen LogP contribution in [0.2, 0.25) is 0 Å². The lowest BCUT2D eigenvalue weighted by atomic mass is 9.64. The van der Waals surface area contributed by atoms with E-state index in [1.54, 1.807) is 17.8 Å². The molecule has 1 aliphatic carbocycles. The van der Waals surface area contributed by atoms with Crippen LogP contribution in [-0.4, -0.2) is 34.8 Å². The van der Waals surface area contributed by atoms with E-state index < -0.39 is 0 Å². The molecule has 0 aromatic carbocycles. The van der Waals surface area contributed by atoms with Crippen molar-refractivity contribution >= 4 is 11.4 Å². The van der Waals surface area contributed by atoms with Gasteiger partial charge < -0.3 is 10.1 Å². The number of hydrogen-bond acceptors (Lipinski definition) is 3. The molecule has 1 amide bonds. The van der Waals surface area contributed by atoms with Gasteiger partial charge in [0.2, 0.25) is 0 Å². The van der Waals surface area contributed by atoms with Crippen LogP contribution in [0.1, 0.15) is 30.6 Å². The summed E-state index contributed by atoms with van der Waals surface area (Å²) in [5.74, 6) is -0.0521. The summed E-state index contributed by atoms with van der Waals surface area (Å²) in [4.78, 5) is 12.4. The zero-order chi connectivity index (χ0) is 14.3. The van der Waals surface area contributed by atoms with E-state index in [1.165, 1.54) is 0 Å². The summed E-state index contributed by atoms with van der Waals surface area (Å²) in [6.07, 6.45) is 4.59. The van der Waals surface area contributed by atoms with Crippen LogP contribution in [0.5, 0.6) is 0 Å². The smallest absolute Gasteiger partial charge is 0.253 e. The lowest BCUT2D eigenvalue weighted by Gasteiger charge is -2.51. The summed E-state index contributed by atoms with van der Waals surface area (Å²) in [5.41, 5.74) is 1.45. The normalized spacial score (nSPS) is 24.4. The van der Waals surface area contributed by atoms with Gasteiger partial charge in [-0.2, -0.15) is 5.10 Å². The Morgan fingerprint density at radius 2 is 2.30 bits per heavy atom. The minimum Gasteiger partial charge on any atom is -0.381 e. The van der Waals surface area contributed by atoms with Crippen LogP contribution in [0.25, 0.3) is 5.52 Å². The SMILES string of the molecule is COC1CC(NC(=O)c2cccn3nccc23)C1(C)C. The molecule has 1 aliphatic rings. The Labute approximate surface area is 117 Å². The lowest BCUT2D eigenvalue weighted by Crippen LogP contribution is -2.61. The molecule has 2 aromatic heterocycles.